The summed E-state index contributed by atoms with van der Waals surface area (Å²) in [5, 5.41) is 0. The summed E-state index contributed by atoms with van der Waals surface area (Å²) in [6, 6.07) is 16.3. The molecule has 0 unspecified atom stereocenters. The molecule has 0 atom stereocenters. The van der Waals surface area contributed by atoms with Crippen LogP contribution in [0.25, 0.3) is 11.3 Å². The zero-order valence-electron chi connectivity index (χ0n) is 16.2. The first kappa shape index (κ1) is 18.3. The molecule has 0 saturated carbocycles. The van der Waals surface area contributed by atoms with Crippen LogP contribution in [0.4, 0.5) is 5.69 Å². The van der Waals surface area contributed by atoms with Gasteiger partial charge in [-0.3, -0.25) is 4.79 Å². The molecule has 5 rings (SSSR count). The van der Waals surface area contributed by atoms with Crippen molar-refractivity contribution in [3.8, 4) is 17.0 Å². The number of hydrogen-bond acceptors (Lipinski definition) is 5. The highest BCUT2D eigenvalue weighted by Gasteiger charge is 2.21. The van der Waals surface area contributed by atoms with Gasteiger partial charge in [-0.1, -0.05) is 30.0 Å². The second-order valence-corrected chi connectivity index (χ2v) is 8.31. The lowest BCUT2D eigenvalue weighted by atomic mass is 10.00. The van der Waals surface area contributed by atoms with Crippen molar-refractivity contribution in [2.45, 2.75) is 16.2 Å². The quantitative estimate of drug-likeness (QED) is 0.558. The number of fused-ring (bicyclic) bond motifs is 2. The van der Waals surface area contributed by atoms with Gasteiger partial charge in [0, 0.05) is 40.2 Å². The molecule has 0 amide bonds. The molecule has 0 spiro atoms. The summed E-state index contributed by atoms with van der Waals surface area (Å²) in [6.07, 6.45) is 0.857. The van der Waals surface area contributed by atoms with Crippen molar-refractivity contribution in [2.75, 3.05) is 38.3 Å². The van der Waals surface area contributed by atoms with Gasteiger partial charge in [0.25, 0.3) is 0 Å². The number of H-pyrrole nitrogens is 1. The lowest BCUT2D eigenvalue weighted by Crippen LogP contribution is -2.36. The topological polar surface area (TPSA) is 54.6 Å². The molecule has 0 aliphatic carbocycles. The molecule has 5 nitrogen and oxygen atoms in total. The summed E-state index contributed by atoms with van der Waals surface area (Å²) in [4.78, 5) is 20.1. The van der Waals surface area contributed by atoms with Gasteiger partial charge in [0.15, 0.2) is 0 Å². The van der Waals surface area contributed by atoms with Crippen LogP contribution in [-0.4, -0.2) is 38.4 Å². The molecule has 3 aromatic rings. The summed E-state index contributed by atoms with van der Waals surface area (Å²) >= 11 is 1.76. The number of ether oxygens (including phenoxy) is 2. The molecule has 29 heavy (non-hydrogen) atoms. The van der Waals surface area contributed by atoms with Crippen LogP contribution in [-0.2, 0) is 11.2 Å². The van der Waals surface area contributed by atoms with Crippen molar-refractivity contribution in [1.29, 1.82) is 0 Å². The fourth-order valence-corrected chi connectivity index (χ4v) is 5.15. The van der Waals surface area contributed by atoms with Crippen LogP contribution >= 0.6 is 11.8 Å². The number of rotatable bonds is 3. The van der Waals surface area contributed by atoms with Gasteiger partial charge in [-0.25, -0.2) is 0 Å². The molecule has 2 aliphatic rings. The van der Waals surface area contributed by atoms with Crippen LogP contribution in [0.2, 0.25) is 0 Å². The summed E-state index contributed by atoms with van der Waals surface area (Å²) in [6.45, 7) is 3.00. The van der Waals surface area contributed by atoms with E-state index in [1.807, 2.05) is 6.07 Å². The summed E-state index contributed by atoms with van der Waals surface area (Å²) in [7, 11) is 1.70. The number of morpholine rings is 1. The Balaban J connectivity index is 1.55. The maximum Gasteiger partial charge on any atom is 0.250 e. The minimum Gasteiger partial charge on any atom is -0.497 e. The van der Waals surface area contributed by atoms with Crippen LogP contribution in [0.3, 0.4) is 0 Å². The van der Waals surface area contributed by atoms with Crippen LogP contribution in [0.15, 0.2) is 63.1 Å². The van der Waals surface area contributed by atoms with Crippen LogP contribution in [0.1, 0.15) is 11.1 Å². The SMILES string of the molecule is COc1ccc2c(c1)Cc1cccc(-c3cc(N4CCOCC4)cc(=O)[nH]3)c1S2. The van der Waals surface area contributed by atoms with Gasteiger partial charge in [0.2, 0.25) is 5.56 Å². The summed E-state index contributed by atoms with van der Waals surface area (Å²) in [5.74, 6) is 0.881. The molecule has 6 heteroatoms. The van der Waals surface area contributed by atoms with E-state index in [1.54, 1.807) is 24.9 Å². The van der Waals surface area contributed by atoms with E-state index in [2.05, 4.69) is 46.3 Å². The lowest BCUT2D eigenvalue weighted by molar-refractivity contribution is 0.122. The molecular weight excluding hydrogens is 384 g/mol. The number of nitrogens with one attached hydrogen (secondary N) is 1. The van der Waals surface area contributed by atoms with Gasteiger partial charge < -0.3 is 19.4 Å². The van der Waals surface area contributed by atoms with E-state index in [1.165, 1.54) is 20.9 Å². The van der Waals surface area contributed by atoms with Crippen molar-refractivity contribution in [1.82, 2.24) is 4.98 Å². The van der Waals surface area contributed by atoms with E-state index in [0.29, 0.717) is 13.2 Å². The second kappa shape index (κ2) is 7.61. The third-order valence-electron chi connectivity index (χ3n) is 5.45. The largest absolute Gasteiger partial charge is 0.497 e. The Morgan fingerprint density at radius 1 is 1.07 bits per heavy atom. The number of benzene rings is 2. The van der Waals surface area contributed by atoms with E-state index < -0.39 is 0 Å². The molecule has 1 fully saturated rings. The van der Waals surface area contributed by atoms with Crippen LogP contribution in [0, 0.1) is 0 Å². The Morgan fingerprint density at radius 3 is 2.76 bits per heavy atom. The van der Waals surface area contributed by atoms with E-state index in [0.717, 1.165) is 42.2 Å². The molecule has 3 heterocycles. The average Bonchev–Trinajstić information content (AvgIpc) is 2.77. The predicted molar refractivity (Wildman–Crippen MR) is 115 cm³/mol. The number of methoxy groups -OCH3 is 1. The van der Waals surface area contributed by atoms with Crippen LogP contribution < -0.4 is 15.2 Å². The van der Waals surface area contributed by atoms with Gasteiger partial charge in [-0.2, -0.15) is 0 Å². The second-order valence-electron chi connectivity index (χ2n) is 7.26. The number of nitrogens with zero attached hydrogens (tertiary/aromatic N) is 1. The average molecular weight is 407 g/mol. The monoisotopic (exact) mass is 406 g/mol. The first-order valence-corrected chi connectivity index (χ1v) is 10.6. The number of aromatic amines is 1. The van der Waals surface area contributed by atoms with Gasteiger partial charge >= 0.3 is 0 Å². The zero-order chi connectivity index (χ0) is 19.8. The Morgan fingerprint density at radius 2 is 1.93 bits per heavy atom. The normalized spacial score (nSPS) is 15.6. The zero-order valence-corrected chi connectivity index (χ0v) is 17.1. The maximum atomic E-state index is 12.4. The van der Waals surface area contributed by atoms with Gasteiger partial charge in [0.1, 0.15) is 5.75 Å². The van der Waals surface area contributed by atoms with E-state index >= 15 is 0 Å². The van der Waals surface area contributed by atoms with Crippen molar-refractivity contribution >= 4 is 17.4 Å². The molecule has 0 bridgehead atoms. The molecule has 1 saturated heterocycles. The Bertz CT molecular complexity index is 1120. The van der Waals surface area contributed by atoms with Crippen molar-refractivity contribution in [3.63, 3.8) is 0 Å². The first-order chi connectivity index (χ1) is 14.2. The third kappa shape index (κ3) is 3.54. The Labute approximate surface area is 173 Å². The molecule has 2 aromatic carbocycles. The third-order valence-corrected chi connectivity index (χ3v) is 6.76. The highest BCUT2D eigenvalue weighted by Crippen LogP contribution is 2.45. The standard InChI is InChI=1S/C23H22N2O3S/c1-27-18-5-6-21-16(12-18)11-15-3-2-4-19(23(15)29-21)20-13-17(14-22(26)24-20)25-7-9-28-10-8-25/h2-6,12-14H,7-11H2,1H3,(H,24,26). The Hall–Kier alpha value is -2.70. The highest BCUT2D eigenvalue weighted by molar-refractivity contribution is 7.99. The van der Waals surface area contributed by atoms with Gasteiger partial charge in [0.05, 0.1) is 26.0 Å². The molecular formula is C23H22N2O3S. The number of hydrogen-bond donors (Lipinski definition) is 1. The van der Waals surface area contributed by atoms with Crippen LogP contribution in [0.5, 0.6) is 5.75 Å². The summed E-state index contributed by atoms with van der Waals surface area (Å²) < 4.78 is 10.8. The minimum atomic E-state index is -0.0764. The number of pyridine rings is 1. The molecule has 148 valence electrons. The fourth-order valence-electron chi connectivity index (χ4n) is 3.97. The van der Waals surface area contributed by atoms with E-state index in [-0.39, 0.29) is 5.56 Å². The number of anilines is 1. The predicted octanol–water partition coefficient (Wildman–Crippen LogP) is 3.94. The minimum absolute atomic E-state index is 0.0764. The lowest BCUT2D eigenvalue weighted by Gasteiger charge is -2.29. The molecule has 1 N–H and O–H groups in total. The van der Waals surface area contributed by atoms with E-state index in [9.17, 15) is 4.79 Å². The van der Waals surface area contributed by atoms with Gasteiger partial charge in [-0.05, 0) is 41.8 Å². The van der Waals surface area contributed by atoms with Crippen molar-refractivity contribution in [3.05, 3.63) is 70.0 Å². The highest BCUT2D eigenvalue weighted by atomic mass is 32.2. The smallest absolute Gasteiger partial charge is 0.250 e. The Kier molecular flexibility index (Phi) is 4.81. The maximum absolute atomic E-state index is 12.4. The number of aromatic nitrogens is 1. The first-order valence-electron chi connectivity index (χ1n) is 9.75. The molecule has 1 aromatic heterocycles. The summed E-state index contributed by atoms with van der Waals surface area (Å²) in [5.41, 5.74) is 5.35. The molecule has 2 aliphatic heterocycles. The van der Waals surface area contributed by atoms with Crippen molar-refractivity contribution in [2.24, 2.45) is 0 Å². The molecule has 0 radical (unpaired) electrons. The fraction of sp³-hybridized carbons (Fsp3) is 0.261. The van der Waals surface area contributed by atoms with E-state index in [4.69, 9.17) is 9.47 Å². The van der Waals surface area contributed by atoms with Crippen molar-refractivity contribution < 1.29 is 9.47 Å². The van der Waals surface area contributed by atoms with Gasteiger partial charge in [-0.15, -0.1) is 0 Å².